The molecule has 5 heteroatoms. The first kappa shape index (κ1) is 12.8. The van der Waals surface area contributed by atoms with Crippen LogP contribution in [0.5, 0.6) is 0 Å². The molecule has 0 radical (unpaired) electrons. The Morgan fingerprint density at radius 2 is 1.84 bits per heavy atom. The fourth-order valence-electron chi connectivity index (χ4n) is 2.05. The summed E-state index contributed by atoms with van der Waals surface area (Å²) in [6.07, 6.45) is 4.49. The van der Waals surface area contributed by atoms with Crippen LogP contribution in [0.4, 0.5) is 0 Å². The summed E-state index contributed by atoms with van der Waals surface area (Å²) >= 11 is 0. The summed E-state index contributed by atoms with van der Waals surface area (Å²) in [5.41, 5.74) is 0.614. The number of aromatic carboxylic acids is 1. The second-order valence-corrected chi connectivity index (χ2v) is 4.06. The molecule has 19 heavy (non-hydrogen) atoms. The first-order valence-electron chi connectivity index (χ1n) is 5.54. The Kier molecular flexibility index (Phi) is 3.29. The molecule has 1 aromatic rings. The van der Waals surface area contributed by atoms with Crippen LogP contribution in [0.2, 0.25) is 0 Å². The summed E-state index contributed by atoms with van der Waals surface area (Å²) in [6.45, 7) is 0. The van der Waals surface area contributed by atoms with E-state index >= 15 is 0 Å². The molecule has 0 saturated carbocycles. The predicted molar refractivity (Wildman–Crippen MR) is 69.4 cm³/mol. The van der Waals surface area contributed by atoms with Crippen LogP contribution in [0.25, 0.3) is 5.57 Å². The van der Waals surface area contributed by atoms with E-state index in [-0.39, 0.29) is 11.3 Å². The number of carboxylic acids is 2. The lowest BCUT2D eigenvalue weighted by atomic mass is 9.83. The van der Waals surface area contributed by atoms with Gasteiger partial charge in [-0.05, 0) is 23.3 Å². The van der Waals surface area contributed by atoms with E-state index in [9.17, 15) is 14.7 Å². The number of benzene rings is 1. The van der Waals surface area contributed by atoms with Gasteiger partial charge in [-0.1, -0.05) is 30.4 Å². The highest BCUT2D eigenvalue weighted by molar-refractivity contribution is 6.17. The van der Waals surface area contributed by atoms with Gasteiger partial charge in [-0.2, -0.15) is 0 Å². The summed E-state index contributed by atoms with van der Waals surface area (Å²) in [5, 5.41) is 26.0. The first-order valence-corrected chi connectivity index (χ1v) is 5.54. The third-order valence-corrected chi connectivity index (χ3v) is 2.89. The van der Waals surface area contributed by atoms with Crippen molar-refractivity contribution in [2.45, 2.75) is 0 Å². The number of carbonyl (C=O) groups is 2. The topological polar surface area (TPSA) is 98.5 Å². The van der Waals surface area contributed by atoms with E-state index in [0.29, 0.717) is 11.1 Å². The maximum Gasteiger partial charge on any atom is 0.336 e. The monoisotopic (exact) mass is 257 g/mol. The van der Waals surface area contributed by atoms with Crippen LogP contribution < -0.4 is 0 Å². The molecule has 1 aromatic carbocycles. The summed E-state index contributed by atoms with van der Waals surface area (Å²) in [6, 6.07) is 6.19. The summed E-state index contributed by atoms with van der Waals surface area (Å²) in [5.74, 6) is -3.42. The van der Waals surface area contributed by atoms with Crippen LogP contribution in [0.15, 0.2) is 42.5 Å². The normalized spacial score (nSPS) is 18.0. The van der Waals surface area contributed by atoms with Crippen LogP contribution in [0, 0.1) is 11.3 Å². The van der Waals surface area contributed by atoms with Gasteiger partial charge in [0.2, 0.25) is 0 Å². The smallest absolute Gasteiger partial charge is 0.336 e. The summed E-state index contributed by atoms with van der Waals surface area (Å²) < 4.78 is 0. The number of aliphatic carboxylic acids is 1. The lowest BCUT2D eigenvalue weighted by Gasteiger charge is -2.20. The SMILES string of the molecule is N=C1C=CC=C(c2ccccc2C(=O)O)C1C(=O)O. The molecule has 0 aliphatic heterocycles. The van der Waals surface area contributed by atoms with Crippen molar-refractivity contribution in [2.24, 2.45) is 5.92 Å². The molecular weight excluding hydrogens is 246 g/mol. The van der Waals surface area contributed by atoms with Gasteiger partial charge < -0.3 is 15.6 Å². The quantitative estimate of drug-likeness (QED) is 0.771. The molecule has 1 aliphatic carbocycles. The molecule has 1 atom stereocenters. The third-order valence-electron chi connectivity index (χ3n) is 2.89. The van der Waals surface area contributed by atoms with E-state index in [2.05, 4.69) is 0 Å². The summed E-state index contributed by atoms with van der Waals surface area (Å²) in [4.78, 5) is 22.4. The molecule has 0 spiro atoms. The average Bonchev–Trinajstić information content (AvgIpc) is 2.37. The largest absolute Gasteiger partial charge is 0.480 e. The number of hydrogen-bond donors (Lipinski definition) is 3. The molecule has 0 aromatic heterocycles. The van der Waals surface area contributed by atoms with E-state index in [0.717, 1.165) is 0 Å². The van der Waals surface area contributed by atoms with Gasteiger partial charge in [-0.25, -0.2) is 4.79 Å². The molecule has 0 amide bonds. The zero-order chi connectivity index (χ0) is 14.0. The zero-order valence-electron chi connectivity index (χ0n) is 9.83. The van der Waals surface area contributed by atoms with Crippen LogP contribution >= 0.6 is 0 Å². The number of hydrogen-bond acceptors (Lipinski definition) is 3. The molecule has 0 saturated heterocycles. The van der Waals surface area contributed by atoms with Crippen LogP contribution in [0.1, 0.15) is 15.9 Å². The van der Waals surface area contributed by atoms with Crippen molar-refractivity contribution in [3.63, 3.8) is 0 Å². The van der Waals surface area contributed by atoms with E-state index in [1.165, 1.54) is 12.1 Å². The Bertz CT molecular complexity index is 628. The minimum Gasteiger partial charge on any atom is -0.480 e. The van der Waals surface area contributed by atoms with Gasteiger partial charge in [0.15, 0.2) is 0 Å². The average molecular weight is 257 g/mol. The molecule has 0 bridgehead atoms. The molecule has 5 nitrogen and oxygen atoms in total. The Morgan fingerprint density at radius 1 is 1.16 bits per heavy atom. The van der Waals surface area contributed by atoms with E-state index in [1.54, 1.807) is 30.4 Å². The van der Waals surface area contributed by atoms with Crippen molar-refractivity contribution in [1.82, 2.24) is 0 Å². The predicted octanol–water partition coefficient (Wildman–Crippen LogP) is 2.06. The van der Waals surface area contributed by atoms with Crippen molar-refractivity contribution in [3.05, 3.63) is 53.6 Å². The van der Waals surface area contributed by atoms with Crippen molar-refractivity contribution in [2.75, 3.05) is 0 Å². The van der Waals surface area contributed by atoms with Gasteiger partial charge in [0.1, 0.15) is 5.92 Å². The van der Waals surface area contributed by atoms with Gasteiger partial charge in [-0.3, -0.25) is 4.79 Å². The van der Waals surface area contributed by atoms with E-state index < -0.39 is 17.9 Å². The Hall–Kier alpha value is -2.69. The van der Waals surface area contributed by atoms with Gasteiger partial charge >= 0.3 is 11.9 Å². The minimum atomic E-state index is -1.17. The highest BCUT2D eigenvalue weighted by Gasteiger charge is 2.30. The number of allylic oxidation sites excluding steroid dienone is 3. The fourth-order valence-corrected chi connectivity index (χ4v) is 2.05. The van der Waals surface area contributed by atoms with E-state index in [1.807, 2.05) is 0 Å². The Morgan fingerprint density at radius 3 is 2.47 bits per heavy atom. The molecule has 96 valence electrons. The number of nitrogens with one attached hydrogen (secondary N) is 1. The van der Waals surface area contributed by atoms with Crippen molar-refractivity contribution < 1.29 is 19.8 Å². The maximum atomic E-state index is 11.3. The molecule has 1 aliphatic rings. The van der Waals surface area contributed by atoms with Crippen molar-refractivity contribution in [3.8, 4) is 0 Å². The molecule has 1 unspecified atom stereocenters. The summed E-state index contributed by atoms with van der Waals surface area (Å²) in [7, 11) is 0. The molecular formula is C14H11NO4. The highest BCUT2D eigenvalue weighted by atomic mass is 16.4. The second-order valence-electron chi connectivity index (χ2n) is 4.06. The maximum absolute atomic E-state index is 11.3. The van der Waals surface area contributed by atoms with Crippen molar-refractivity contribution >= 4 is 23.2 Å². The van der Waals surface area contributed by atoms with Gasteiger partial charge in [0, 0.05) is 0 Å². The Balaban J connectivity index is 2.60. The molecule has 2 rings (SSSR count). The molecule has 0 heterocycles. The number of rotatable bonds is 3. The van der Waals surface area contributed by atoms with Crippen LogP contribution in [0.3, 0.4) is 0 Å². The minimum absolute atomic E-state index is 0.0306. The third kappa shape index (κ3) is 2.30. The lowest BCUT2D eigenvalue weighted by Crippen LogP contribution is -2.25. The standard InChI is InChI=1S/C14H11NO4/c15-11-7-3-6-9(12(11)14(18)19)8-4-1-2-5-10(8)13(16)17/h1-7,12,15H,(H,16,17)(H,18,19). The molecule has 3 N–H and O–H groups in total. The van der Waals surface area contributed by atoms with Gasteiger partial charge in [0.05, 0.1) is 11.3 Å². The zero-order valence-corrected chi connectivity index (χ0v) is 9.83. The molecule has 0 fully saturated rings. The van der Waals surface area contributed by atoms with Crippen molar-refractivity contribution in [1.29, 1.82) is 5.41 Å². The first-order chi connectivity index (χ1) is 9.02. The Labute approximate surface area is 109 Å². The van der Waals surface area contributed by atoms with Crippen LogP contribution in [-0.2, 0) is 4.79 Å². The fraction of sp³-hybridized carbons (Fsp3) is 0.0714. The lowest BCUT2D eigenvalue weighted by molar-refractivity contribution is -0.137. The van der Waals surface area contributed by atoms with E-state index in [4.69, 9.17) is 10.5 Å². The number of carboxylic acid groups (broad SMARTS) is 2. The highest BCUT2D eigenvalue weighted by Crippen LogP contribution is 2.30. The van der Waals surface area contributed by atoms with Gasteiger partial charge in [0.25, 0.3) is 0 Å². The van der Waals surface area contributed by atoms with Crippen LogP contribution in [-0.4, -0.2) is 27.9 Å². The van der Waals surface area contributed by atoms with Gasteiger partial charge in [-0.15, -0.1) is 0 Å². The second kappa shape index (κ2) is 4.89.